The number of hydrogen-bond acceptors (Lipinski definition) is 5. The molecule has 0 saturated heterocycles. The monoisotopic (exact) mass is 288 g/mol. The van der Waals surface area contributed by atoms with Crippen molar-refractivity contribution in [2.24, 2.45) is 4.99 Å². The van der Waals surface area contributed by atoms with E-state index in [0.29, 0.717) is 27.9 Å². The second-order valence-corrected chi connectivity index (χ2v) is 4.85. The molecule has 0 radical (unpaired) electrons. The number of methoxy groups -OCH3 is 2. The summed E-state index contributed by atoms with van der Waals surface area (Å²) in [4.78, 5) is 15.0. The number of rotatable bonds is 4. The molecule has 1 amide bonds. The van der Waals surface area contributed by atoms with E-state index < -0.39 is 0 Å². The van der Waals surface area contributed by atoms with Crippen molar-refractivity contribution in [3.8, 4) is 17.6 Å². The Labute approximate surface area is 120 Å². The number of thioether (sulfide) groups is 1. The lowest BCUT2D eigenvalue weighted by atomic mass is 10.1. The molecule has 0 fully saturated rings. The van der Waals surface area contributed by atoms with Crippen LogP contribution in [0, 0.1) is 11.3 Å². The van der Waals surface area contributed by atoms with Crippen LogP contribution in [0.2, 0.25) is 0 Å². The fraction of sp³-hybridized carbons (Fsp3) is 0.214. The number of hydrogen-bond donors (Lipinski definition) is 0. The van der Waals surface area contributed by atoms with Crippen LogP contribution in [-0.4, -0.2) is 30.9 Å². The van der Waals surface area contributed by atoms with Crippen LogP contribution in [0.1, 0.15) is 5.56 Å². The highest BCUT2D eigenvalue weighted by Gasteiger charge is 2.18. The van der Waals surface area contributed by atoms with Crippen LogP contribution in [0.4, 0.5) is 0 Å². The van der Waals surface area contributed by atoms with Crippen LogP contribution in [0.3, 0.4) is 0 Å². The lowest BCUT2D eigenvalue weighted by Gasteiger charge is -2.08. The minimum Gasteiger partial charge on any atom is -0.493 e. The summed E-state index contributed by atoms with van der Waals surface area (Å²) < 4.78 is 10.4. The lowest BCUT2D eigenvalue weighted by Crippen LogP contribution is -1.94. The number of carbonyl (C=O) groups excluding carboxylic acids is 1. The van der Waals surface area contributed by atoms with E-state index in [1.54, 1.807) is 38.5 Å². The van der Waals surface area contributed by atoms with Crippen molar-refractivity contribution in [1.29, 1.82) is 5.26 Å². The second-order valence-electron chi connectivity index (χ2n) is 3.88. The number of aliphatic imine (C=N–C) groups is 1. The zero-order valence-corrected chi connectivity index (χ0v) is 11.9. The first kappa shape index (κ1) is 14.2. The van der Waals surface area contributed by atoms with Crippen molar-refractivity contribution < 1.29 is 14.3 Å². The molecule has 5 nitrogen and oxygen atoms in total. The molecular formula is C14H12N2O3S. The first-order valence-corrected chi connectivity index (χ1v) is 6.75. The van der Waals surface area contributed by atoms with Gasteiger partial charge in [-0.15, -0.1) is 0 Å². The SMILES string of the molecule is COc1ccc(C=C(C#N)C2=NC(=O)CS2)cc1OC. The van der Waals surface area contributed by atoms with Gasteiger partial charge in [0, 0.05) is 0 Å². The summed E-state index contributed by atoms with van der Waals surface area (Å²) in [5.41, 5.74) is 1.15. The third-order valence-electron chi connectivity index (χ3n) is 2.63. The molecule has 0 aliphatic carbocycles. The average Bonchev–Trinajstić information content (AvgIpc) is 2.90. The number of ether oxygens (including phenoxy) is 2. The Morgan fingerprint density at radius 2 is 2.15 bits per heavy atom. The smallest absolute Gasteiger partial charge is 0.257 e. The van der Waals surface area contributed by atoms with Crippen LogP contribution in [0.15, 0.2) is 28.8 Å². The largest absolute Gasteiger partial charge is 0.493 e. The summed E-state index contributed by atoms with van der Waals surface area (Å²) >= 11 is 1.27. The van der Waals surface area contributed by atoms with Crippen molar-refractivity contribution >= 4 is 28.8 Å². The molecule has 0 bridgehead atoms. The van der Waals surface area contributed by atoms with E-state index in [1.807, 2.05) is 0 Å². The fourth-order valence-electron chi connectivity index (χ4n) is 1.70. The number of benzene rings is 1. The standard InChI is InChI=1S/C14H12N2O3S/c1-18-11-4-3-9(6-12(11)19-2)5-10(7-15)14-16-13(17)8-20-14/h3-6H,8H2,1-2H3. The Balaban J connectivity index is 2.36. The van der Waals surface area contributed by atoms with Gasteiger partial charge < -0.3 is 9.47 Å². The molecule has 0 saturated carbocycles. The van der Waals surface area contributed by atoms with E-state index >= 15 is 0 Å². The summed E-state index contributed by atoms with van der Waals surface area (Å²) in [6.07, 6.45) is 1.67. The molecule has 1 aromatic rings. The van der Waals surface area contributed by atoms with Crippen LogP contribution in [0.5, 0.6) is 11.5 Å². The highest BCUT2D eigenvalue weighted by atomic mass is 32.2. The quantitative estimate of drug-likeness (QED) is 0.795. The Kier molecular flexibility index (Phi) is 4.43. The van der Waals surface area contributed by atoms with Gasteiger partial charge in [0.15, 0.2) is 11.5 Å². The van der Waals surface area contributed by atoms with Crippen LogP contribution >= 0.6 is 11.8 Å². The zero-order chi connectivity index (χ0) is 14.5. The van der Waals surface area contributed by atoms with Gasteiger partial charge in [0.1, 0.15) is 11.1 Å². The Hall–Kier alpha value is -2.26. The van der Waals surface area contributed by atoms with E-state index in [0.717, 1.165) is 5.56 Å². The fourth-order valence-corrected chi connectivity index (χ4v) is 2.45. The van der Waals surface area contributed by atoms with Crippen molar-refractivity contribution in [3.63, 3.8) is 0 Å². The summed E-state index contributed by atoms with van der Waals surface area (Å²) in [7, 11) is 3.11. The van der Waals surface area contributed by atoms with Gasteiger partial charge in [-0.3, -0.25) is 4.79 Å². The second kappa shape index (κ2) is 6.26. The molecule has 0 unspecified atom stereocenters. The molecule has 1 aromatic carbocycles. The maximum absolute atomic E-state index is 11.1. The van der Waals surface area contributed by atoms with Crippen LogP contribution in [-0.2, 0) is 4.79 Å². The Bertz CT molecular complexity index is 644. The maximum atomic E-state index is 11.1. The minimum absolute atomic E-state index is 0.210. The van der Waals surface area contributed by atoms with Crippen molar-refractivity contribution in [1.82, 2.24) is 0 Å². The van der Waals surface area contributed by atoms with E-state index in [-0.39, 0.29) is 5.91 Å². The molecule has 1 heterocycles. The molecular weight excluding hydrogens is 276 g/mol. The van der Waals surface area contributed by atoms with Gasteiger partial charge in [-0.1, -0.05) is 17.8 Å². The molecule has 1 aliphatic rings. The van der Waals surface area contributed by atoms with Crippen LogP contribution < -0.4 is 9.47 Å². The molecule has 0 aromatic heterocycles. The van der Waals surface area contributed by atoms with Gasteiger partial charge in [-0.25, -0.2) is 4.99 Å². The number of carbonyl (C=O) groups is 1. The van der Waals surface area contributed by atoms with Gasteiger partial charge in [-0.05, 0) is 23.8 Å². The Morgan fingerprint density at radius 3 is 2.70 bits per heavy atom. The molecule has 2 rings (SSSR count). The minimum atomic E-state index is -0.210. The summed E-state index contributed by atoms with van der Waals surface area (Å²) in [6.45, 7) is 0. The average molecular weight is 288 g/mol. The van der Waals surface area contributed by atoms with E-state index in [9.17, 15) is 10.1 Å². The molecule has 0 N–H and O–H groups in total. The predicted octanol–water partition coefficient (Wildman–Crippen LogP) is 2.28. The topological polar surface area (TPSA) is 71.7 Å². The number of nitrogens with zero attached hydrogens (tertiary/aromatic N) is 2. The summed E-state index contributed by atoms with van der Waals surface area (Å²) in [5, 5.41) is 9.65. The first-order valence-electron chi connectivity index (χ1n) is 5.76. The third kappa shape index (κ3) is 3.00. The van der Waals surface area contributed by atoms with Gasteiger partial charge in [0.2, 0.25) is 0 Å². The third-order valence-corrected chi connectivity index (χ3v) is 3.60. The highest BCUT2D eigenvalue weighted by molar-refractivity contribution is 8.15. The molecule has 6 heteroatoms. The zero-order valence-electron chi connectivity index (χ0n) is 11.0. The van der Waals surface area contributed by atoms with Gasteiger partial charge in [0.05, 0.1) is 25.5 Å². The van der Waals surface area contributed by atoms with Crippen LogP contribution in [0.25, 0.3) is 6.08 Å². The first-order chi connectivity index (χ1) is 9.67. The summed E-state index contributed by atoms with van der Waals surface area (Å²) in [6, 6.07) is 7.39. The van der Waals surface area contributed by atoms with Crippen molar-refractivity contribution in [3.05, 3.63) is 29.3 Å². The van der Waals surface area contributed by atoms with E-state index in [2.05, 4.69) is 11.1 Å². The molecule has 20 heavy (non-hydrogen) atoms. The molecule has 102 valence electrons. The van der Waals surface area contributed by atoms with Gasteiger partial charge in [0.25, 0.3) is 5.91 Å². The van der Waals surface area contributed by atoms with E-state index in [4.69, 9.17) is 9.47 Å². The van der Waals surface area contributed by atoms with Gasteiger partial charge >= 0.3 is 0 Å². The van der Waals surface area contributed by atoms with Crippen molar-refractivity contribution in [2.75, 3.05) is 20.0 Å². The van der Waals surface area contributed by atoms with Gasteiger partial charge in [-0.2, -0.15) is 5.26 Å². The predicted molar refractivity (Wildman–Crippen MR) is 78.0 cm³/mol. The number of amides is 1. The highest BCUT2D eigenvalue weighted by Crippen LogP contribution is 2.29. The normalized spacial score (nSPS) is 14.8. The molecule has 0 atom stereocenters. The summed E-state index contributed by atoms with van der Waals surface area (Å²) in [5.74, 6) is 1.28. The lowest BCUT2D eigenvalue weighted by molar-refractivity contribution is -0.115. The van der Waals surface area contributed by atoms with Crippen molar-refractivity contribution in [2.45, 2.75) is 0 Å². The van der Waals surface area contributed by atoms with E-state index in [1.165, 1.54) is 11.8 Å². The maximum Gasteiger partial charge on any atom is 0.257 e. The Morgan fingerprint density at radius 1 is 1.40 bits per heavy atom. The molecule has 0 spiro atoms. The number of nitriles is 1. The molecule has 1 aliphatic heterocycles.